The molecule has 5 nitrogen and oxygen atoms in total. The van der Waals surface area contributed by atoms with Crippen LogP contribution in [-0.2, 0) is 18.4 Å². The predicted molar refractivity (Wildman–Crippen MR) is 64.6 cm³/mol. The van der Waals surface area contributed by atoms with Crippen LogP contribution in [0.15, 0.2) is 4.47 Å². The van der Waals surface area contributed by atoms with Crippen molar-refractivity contribution in [3.63, 3.8) is 0 Å². The molecule has 1 atom stereocenters. The topological polar surface area (TPSA) is 67.2 Å². The molecular formula is C10H13BrF3N3O2. The van der Waals surface area contributed by atoms with Crippen LogP contribution in [0.4, 0.5) is 13.2 Å². The molecule has 0 aliphatic heterocycles. The Morgan fingerprint density at radius 1 is 1.53 bits per heavy atom. The average Bonchev–Trinajstić information content (AvgIpc) is 2.48. The van der Waals surface area contributed by atoms with Gasteiger partial charge in [0.25, 0.3) is 0 Å². The molecule has 2 N–H and O–H groups in total. The predicted octanol–water partition coefficient (Wildman–Crippen LogP) is 1.99. The van der Waals surface area contributed by atoms with E-state index >= 15 is 0 Å². The third kappa shape index (κ3) is 2.92. The molecule has 108 valence electrons. The molecule has 0 fully saturated rings. The summed E-state index contributed by atoms with van der Waals surface area (Å²) in [5.41, 5.74) is -1.96. The molecule has 0 bridgehead atoms. The first kappa shape index (κ1) is 16.0. The van der Waals surface area contributed by atoms with Gasteiger partial charge in [-0.2, -0.15) is 18.3 Å². The minimum atomic E-state index is -4.90. The van der Waals surface area contributed by atoms with Crippen molar-refractivity contribution in [3.8, 4) is 0 Å². The second kappa shape index (κ2) is 5.12. The fraction of sp³-hybridized carbons (Fsp3) is 0.600. The first-order valence-corrected chi connectivity index (χ1v) is 6.03. The van der Waals surface area contributed by atoms with Crippen LogP contribution in [0.3, 0.4) is 0 Å². The number of aliphatic carboxylic acids is 1. The van der Waals surface area contributed by atoms with Crippen LogP contribution in [0.2, 0.25) is 0 Å². The highest BCUT2D eigenvalue weighted by Crippen LogP contribution is 2.31. The Hall–Kier alpha value is -1.09. The van der Waals surface area contributed by atoms with Gasteiger partial charge in [0.05, 0.1) is 15.9 Å². The number of nitrogens with one attached hydrogen (secondary N) is 1. The van der Waals surface area contributed by atoms with E-state index in [1.165, 1.54) is 4.68 Å². The van der Waals surface area contributed by atoms with Gasteiger partial charge in [0, 0.05) is 13.6 Å². The number of aryl methyl sites for hydroxylation is 2. The number of rotatable bonds is 4. The molecule has 0 amide bonds. The Balaban J connectivity index is 2.99. The Labute approximate surface area is 115 Å². The second-order valence-electron chi connectivity index (χ2n) is 4.25. The van der Waals surface area contributed by atoms with Crippen molar-refractivity contribution in [1.82, 2.24) is 15.1 Å². The number of nitrogens with zero attached hydrogens (tertiary/aromatic N) is 2. The molecule has 1 heterocycles. The number of hydrogen-bond donors (Lipinski definition) is 2. The lowest BCUT2D eigenvalue weighted by molar-refractivity contribution is -0.206. The lowest BCUT2D eigenvalue weighted by Crippen LogP contribution is -2.59. The van der Waals surface area contributed by atoms with E-state index in [9.17, 15) is 18.0 Å². The van der Waals surface area contributed by atoms with E-state index in [0.717, 1.165) is 0 Å². The zero-order chi connectivity index (χ0) is 15.0. The smallest absolute Gasteiger partial charge is 0.417 e. The molecule has 0 aliphatic carbocycles. The first-order valence-electron chi connectivity index (χ1n) is 5.24. The van der Waals surface area contributed by atoms with Crippen LogP contribution in [0, 0.1) is 6.92 Å². The highest BCUT2D eigenvalue weighted by molar-refractivity contribution is 9.10. The number of carboxylic acid groups (broad SMARTS) is 1. The molecule has 9 heteroatoms. The van der Waals surface area contributed by atoms with E-state index in [1.54, 1.807) is 14.0 Å². The van der Waals surface area contributed by atoms with Gasteiger partial charge in [-0.15, -0.1) is 0 Å². The fourth-order valence-electron chi connectivity index (χ4n) is 1.43. The number of alkyl halides is 3. The minimum Gasteiger partial charge on any atom is -0.480 e. The summed E-state index contributed by atoms with van der Waals surface area (Å²) in [6, 6.07) is 0. The molecule has 0 radical (unpaired) electrons. The normalized spacial score (nSPS) is 15.3. The van der Waals surface area contributed by atoms with Crippen LogP contribution < -0.4 is 5.32 Å². The van der Waals surface area contributed by atoms with Crippen LogP contribution in [0.1, 0.15) is 18.3 Å². The van der Waals surface area contributed by atoms with E-state index in [1.807, 2.05) is 5.32 Å². The fourth-order valence-corrected chi connectivity index (χ4v) is 1.91. The van der Waals surface area contributed by atoms with Gasteiger partial charge in [0.1, 0.15) is 0 Å². The number of aromatic nitrogens is 2. The first-order chi connectivity index (χ1) is 8.50. The van der Waals surface area contributed by atoms with Crippen molar-refractivity contribution in [1.29, 1.82) is 0 Å². The number of halogens is 4. The summed E-state index contributed by atoms with van der Waals surface area (Å²) in [6.45, 7) is 2.00. The summed E-state index contributed by atoms with van der Waals surface area (Å²) in [7, 11) is 1.57. The van der Waals surface area contributed by atoms with Gasteiger partial charge in [-0.1, -0.05) is 0 Å². The average molecular weight is 344 g/mol. The van der Waals surface area contributed by atoms with Crippen molar-refractivity contribution in [3.05, 3.63) is 15.9 Å². The summed E-state index contributed by atoms with van der Waals surface area (Å²) in [5, 5.41) is 14.8. The molecule has 0 spiro atoms. The van der Waals surface area contributed by atoms with Crippen molar-refractivity contribution in [2.24, 2.45) is 7.05 Å². The highest BCUT2D eigenvalue weighted by atomic mass is 79.9. The third-order valence-electron chi connectivity index (χ3n) is 2.87. The Morgan fingerprint density at radius 3 is 2.37 bits per heavy atom. The largest absolute Gasteiger partial charge is 0.480 e. The molecule has 1 unspecified atom stereocenters. The van der Waals surface area contributed by atoms with E-state index in [4.69, 9.17) is 5.11 Å². The summed E-state index contributed by atoms with van der Waals surface area (Å²) in [5.74, 6) is -1.98. The van der Waals surface area contributed by atoms with Gasteiger partial charge >= 0.3 is 12.1 Å². The Bertz CT molecular complexity index is 501. The van der Waals surface area contributed by atoms with Crippen LogP contribution in [0.25, 0.3) is 0 Å². The van der Waals surface area contributed by atoms with Gasteiger partial charge in [0.15, 0.2) is 0 Å². The molecule has 0 aromatic carbocycles. The monoisotopic (exact) mass is 343 g/mol. The zero-order valence-electron chi connectivity index (χ0n) is 10.5. The maximum absolute atomic E-state index is 12.8. The minimum absolute atomic E-state index is 0.278. The highest BCUT2D eigenvalue weighted by Gasteiger charge is 2.57. The molecule has 0 saturated heterocycles. The van der Waals surface area contributed by atoms with E-state index in [-0.39, 0.29) is 6.54 Å². The molecular weight excluding hydrogens is 331 g/mol. The maximum Gasteiger partial charge on any atom is 0.417 e. The lowest BCUT2D eigenvalue weighted by Gasteiger charge is -2.28. The molecule has 1 rings (SSSR count). The van der Waals surface area contributed by atoms with Crippen molar-refractivity contribution >= 4 is 21.9 Å². The van der Waals surface area contributed by atoms with Gasteiger partial charge in [-0.05, 0) is 29.8 Å². The lowest BCUT2D eigenvalue weighted by atomic mass is 10.0. The number of carbonyl (C=O) groups is 1. The summed E-state index contributed by atoms with van der Waals surface area (Å²) < 4.78 is 40.3. The zero-order valence-corrected chi connectivity index (χ0v) is 12.1. The summed E-state index contributed by atoms with van der Waals surface area (Å²) in [4.78, 5) is 10.8. The van der Waals surface area contributed by atoms with Gasteiger partial charge in [0.2, 0.25) is 5.54 Å². The van der Waals surface area contributed by atoms with Crippen LogP contribution in [0.5, 0.6) is 0 Å². The third-order valence-corrected chi connectivity index (χ3v) is 3.90. The van der Waals surface area contributed by atoms with E-state index in [2.05, 4.69) is 21.0 Å². The van der Waals surface area contributed by atoms with Crippen molar-refractivity contribution < 1.29 is 23.1 Å². The van der Waals surface area contributed by atoms with E-state index in [0.29, 0.717) is 22.8 Å². The van der Waals surface area contributed by atoms with Crippen LogP contribution >= 0.6 is 15.9 Å². The molecule has 0 aliphatic rings. The standard InChI is InChI=1S/C10H13BrF3N3O2/c1-5-7(11)6(17(3)16-5)4-15-9(2,8(18)19)10(12,13)14/h15H,4H2,1-3H3,(H,18,19). The summed E-state index contributed by atoms with van der Waals surface area (Å²) in [6.07, 6.45) is -4.90. The van der Waals surface area contributed by atoms with Gasteiger partial charge in [-0.3, -0.25) is 10.00 Å². The molecule has 19 heavy (non-hydrogen) atoms. The number of hydrogen-bond acceptors (Lipinski definition) is 3. The second-order valence-corrected chi connectivity index (χ2v) is 5.04. The molecule has 0 saturated carbocycles. The van der Waals surface area contributed by atoms with Crippen LogP contribution in [-0.4, -0.2) is 32.6 Å². The quantitative estimate of drug-likeness (QED) is 0.877. The van der Waals surface area contributed by atoms with Gasteiger partial charge in [-0.25, -0.2) is 4.79 Å². The van der Waals surface area contributed by atoms with Crippen molar-refractivity contribution in [2.75, 3.05) is 0 Å². The molecule has 1 aromatic rings. The summed E-state index contributed by atoms with van der Waals surface area (Å²) >= 11 is 3.20. The van der Waals surface area contributed by atoms with Gasteiger partial charge < -0.3 is 5.11 Å². The van der Waals surface area contributed by atoms with E-state index < -0.39 is 17.7 Å². The van der Waals surface area contributed by atoms with Crippen molar-refractivity contribution in [2.45, 2.75) is 32.1 Å². The Morgan fingerprint density at radius 2 is 2.05 bits per heavy atom. The maximum atomic E-state index is 12.8. The number of carboxylic acids is 1. The Kier molecular flexibility index (Phi) is 4.30. The molecule has 1 aromatic heterocycles. The SMILES string of the molecule is Cc1nn(C)c(CNC(C)(C(=O)O)C(F)(F)F)c1Br.